The maximum Gasteiger partial charge on any atom is 0.357 e. The Kier molecular flexibility index (Phi) is 5.92. The predicted molar refractivity (Wildman–Crippen MR) is 199 cm³/mol. The summed E-state index contributed by atoms with van der Waals surface area (Å²) in [5, 5.41) is 4.40. The highest BCUT2D eigenvalue weighted by Crippen LogP contribution is 2.41. The smallest absolute Gasteiger partial charge is 0.307 e. The van der Waals surface area contributed by atoms with Crippen molar-refractivity contribution in [3.8, 4) is 34.0 Å². The quantitative estimate of drug-likeness (QED) is 0.195. The van der Waals surface area contributed by atoms with Crippen LogP contribution in [0.4, 0.5) is 0 Å². The highest BCUT2D eigenvalue weighted by Gasteiger charge is 2.23. The Hall–Kier alpha value is -6.79. The first kappa shape index (κ1) is 27.3. The van der Waals surface area contributed by atoms with Gasteiger partial charge >= 0.3 is 5.69 Å². The van der Waals surface area contributed by atoms with E-state index in [1.54, 1.807) is 4.40 Å². The van der Waals surface area contributed by atoms with Crippen LogP contribution in [-0.2, 0) is 0 Å². The zero-order valence-electron chi connectivity index (χ0n) is 26.2. The van der Waals surface area contributed by atoms with E-state index in [1.807, 2.05) is 72.8 Å². The van der Waals surface area contributed by atoms with Gasteiger partial charge in [-0.15, -0.1) is 0 Å². The fourth-order valence-corrected chi connectivity index (χ4v) is 7.40. The van der Waals surface area contributed by atoms with Crippen LogP contribution in [0.5, 0.6) is 0 Å². The van der Waals surface area contributed by atoms with Gasteiger partial charge in [0.05, 0.1) is 27.8 Å². The van der Waals surface area contributed by atoms with Gasteiger partial charge in [0.2, 0.25) is 5.95 Å². The SMILES string of the molecule is O=c1nc(-n2c3ccccc3c3ccc4c5ccccc5n(-c5ccccc5)c4c32)nc2cc(-c3ccccc3)cc(-c3ccccc3)n12. The maximum absolute atomic E-state index is 14.3. The van der Waals surface area contributed by atoms with Crippen LogP contribution >= 0.6 is 0 Å². The number of para-hydroxylation sites is 3. The summed E-state index contributed by atoms with van der Waals surface area (Å²) in [5.41, 5.74) is 8.87. The van der Waals surface area contributed by atoms with Gasteiger partial charge < -0.3 is 4.57 Å². The van der Waals surface area contributed by atoms with Crippen LogP contribution in [0.2, 0.25) is 0 Å². The summed E-state index contributed by atoms with van der Waals surface area (Å²) in [6.45, 7) is 0. The van der Waals surface area contributed by atoms with E-state index >= 15 is 0 Å². The van der Waals surface area contributed by atoms with Crippen molar-refractivity contribution in [3.05, 3.63) is 174 Å². The third-order valence-electron chi connectivity index (χ3n) is 9.51. The number of hydrogen-bond acceptors (Lipinski definition) is 3. The fraction of sp³-hybridized carbons (Fsp3) is 0. The Morgan fingerprint density at radius 3 is 1.61 bits per heavy atom. The zero-order chi connectivity index (χ0) is 32.5. The normalized spacial score (nSPS) is 11.8. The molecule has 6 heteroatoms. The number of benzene rings is 6. The minimum absolute atomic E-state index is 0.331. The van der Waals surface area contributed by atoms with Crippen molar-refractivity contribution in [3.63, 3.8) is 0 Å². The van der Waals surface area contributed by atoms with Crippen LogP contribution in [-0.4, -0.2) is 23.5 Å². The molecule has 0 N–H and O–H groups in total. The van der Waals surface area contributed by atoms with Gasteiger partial charge in [-0.3, -0.25) is 4.57 Å². The fourth-order valence-electron chi connectivity index (χ4n) is 7.40. The molecule has 0 amide bonds. The lowest BCUT2D eigenvalue weighted by Gasteiger charge is -2.14. The first-order chi connectivity index (χ1) is 24.2. The van der Waals surface area contributed by atoms with E-state index in [0.29, 0.717) is 11.6 Å². The summed E-state index contributed by atoms with van der Waals surface area (Å²) in [6, 6.07) is 55.8. The van der Waals surface area contributed by atoms with Gasteiger partial charge in [0, 0.05) is 27.2 Å². The van der Waals surface area contributed by atoms with E-state index in [2.05, 4.69) is 100 Å². The van der Waals surface area contributed by atoms with Gasteiger partial charge in [0.15, 0.2) is 0 Å². The highest BCUT2D eigenvalue weighted by atomic mass is 16.1. The second kappa shape index (κ2) is 10.6. The Bertz CT molecular complexity index is 2940. The molecule has 0 aliphatic heterocycles. The topological polar surface area (TPSA) is 57.1 Å². The summed E-state index contributed by atoms with van der Waals surface area (Å²) in [4.78, 5) is 24.3. The highest BCUT2D eigenvalue weighted by molar-refractivity contribution is 6.23. The van der Waals surface area contributed by atoms with Crippen molar-refractivity contribution in [2.75, 3.05) is 0 Å². The van der Waals surface area contributed by atoms with Gasteiger partial charge in [-0.2, -0.15) is 9.97 Å². The van der Waals surface area contributed by atoms with Crippen LogP contribution in [0, 0.1) is 0 Å². The average Bonchev–Trinajstić information content (AvgIpc) is 3.68. The second-order valence-electron chi connectivity index (χ2n) is 12.3. The molecule has 10 rings (SSSR count). The monoisotopic (exact) mass is 629 g/mol. The van der Waals surface area contributed by atoms with E-state index in [9.17, 15) is 4.79 Å². The summed E-state index contributed by atoms with van der Waals surface area (Å²) < 4.78 is 6.01. The largest absolute Gasteiger partial charge is 0.357 e. The lowest BCUT2D eigenvalue weighted by molar-refractivity contribution is 0.890. The lowest BCUT2D eigenvalue weighted by Crippen LogP contribution is -2.23. The van der Waals surface area contributed by atoms with Crippen molar-refractivity contribution in [1.82, 2.24) is 23.5 Å². The Labute approximate surface area is 280 Å². The van der Waals surface area contributed by atoms with Crippen molar-refractivity contribution in [2.24, 2.45) is 0 Å². The molecule has 230 valence electrons. The van der Waals surface area contributed by atoms with E-state index < -0.39 is 0 Å². The molecule has 0 aliphatic carbocycles. The molecule has 0 aliphatic rings. The van der Waals surface area contributed by atoms with Gasteiger partial charge in [-0.25, -0.2) is 9.20 Å². The van der Waals surface area contributed by atoms with Crippen LogP contribution in [0.3, 0.4) is 0 Å². The minimum Gasteiger partial charge on any atom is -0.307 e. The maximum atomic E-state index is 14.3. The Morgan fingerprint density at radius 2 is 0.959 bits per heavy atom. The van der Waals surface area contributed by atoms with Gasteiger partial charge in [-0.05, 0) is 53.1 Å². The first-order valence-corrected chi connectivity index (χ1v) is 16.3. The molecule has 0 bridgehead atoms. The van der Waals surface area contributed by atoms with Crippen molar-refractivity contribution < 1.29 is 0 Å². The van der Waals surface area contributed by atoms with Gasteiger partial charge in [-0.1, -0.05) is 127 Å². The summed E-state index contributed by atoms with van der Waals surface area (Å²) >= 11 is 0. The molecule has 10 aromatic rings. The first-order valence-electron chi connectivity index (χ1n) is 16.3. The van der Waals surface area contributed by atoms with E-state index in [4.69, 9.17) is 9.97 Å². The third kappa shape index (κ3) is 4.11. The molecule has 0 radical (unpaired) electrons. The molecular weight excluding hydrogens is 603 g/mol. The molecule has 4 aromatic heterocycles. The molecule has 0 saturated carbocycles. The van der Waals surface area contributed by atoms with E-state index in [1.165, 1.54) is 0 Å². The standard InChI is InChI=1S/C43H27N5O/c49-43-45-42(44-39-27-30(28-14-4-1-5-15-28)26-38(47(39)43)29-16-6-2-7-17-29)48-37-23-13-11-21-33(37)35-25-24-34-32-20-10-12-22-36(32)46(40(34)41(35)48)31-18-8-3-9-19-31/h1-27H. The molecule has 0 saturated heterocycles. The Balaban J connectivity index is 1.37. The van der Waals surface area contributed by atoms with Crippen LogP contribution in [0.15, 0.2) is 169 Å². The number of pyridine rings is 1. The number of nitrogens with zero attached hydrogens (tertiary/aromatic N) is 5. The molecule has 0 atom stereocenters. The third-order valence-corrected chi connectivity index (χ3v) is 9.51. The predicted octanol–water partition coefficient (Wildman–Crippen LogP) is 9.62. The number of rotatable bonds is 4. The molecule has 0 spiro atoms. The molecule has 6 aromatic carbocycles. The second-order valence-corrected chi connectivity index (χ2v) is 12.3. The Morgan fingerprint density at radius 1 is 0.429 bits per heavy atom. The number of aromatic nitrogens is 5. The zero-order valence-corrected chi connectivity index (χ0v) is 26.2. The van der Waals surface area contributed by atoms with E-state index in [-0.39, 0.29) is 5.69 Å². The molecule has 49 heavy (non-hydrogen) atoms. The van der Waals surface area contributed by atoms with Gasteiger partial charge in [0.1, 0.15) is 5.65 Å². The molecule has 4 heterocycles. The van der Waals surface area contributed by atoms with Crippen LogP contribution in [0.25, 0.3) is 83.3 Å². The molecule has 0 unspecified atom stereocenters. The number of hydrogen-bond donors (Lipinski definition) is 0. The minimum atomic E-state index is -0.389. The van der Waals surface area contributed by atoms with Crippen molar-refractivity contribution in [1.29, 1.82) is 0 Å². The lowest BCUT2D eigenvalue weighted by atomic mass is 10.0. The molecule has 6 nitrogen and oxygen atoms in total. The number of fused-ring (bicyclic) bond motifs is 8. The van der Waals surface area contributed by atoms with E-state index in [0.717, 1.165) is 71.7 Å². The molecular formula is C43H27N5O. The summed E-state index contributed by atoms with van der Waals surface area (Å²) in [6.07, 6.45) is 0. The van der Waals surface area contributed by atoms with Gasteiger partial charge in [0.25, 0.3) is 0 Å². The van der Waals surface area contributed by atoms with Crippen LogP contribution < -0.4 is 5.69 Å². The molecule has 0 fully saturated rings. The average molecular weight is 630 g/mol. The summed E-state index contributed by atoms with van der Waals surface area (Å²) in [5.74, 6) is 0.331. The van der Waals surface area contributed by atoms with Crippen molar-refractivity contribution >= 4 is 49.3 Å². The van der Waals surface area contributed by atoms with Crippen molar-refractivity contribution in [2.45, 2.75) is 0 Å². The van der Waals surface area contributed by atoms with Crippen LogP contribution in [0.1, 0.15) is 0 Å². The summed E-state index contributed by atoms with van der Waals surface area (Å²) in [7, 11) is 0.